The van der Waals surface area contributed by atoms with Crippen LogP contribution in [0.3, 0.4) is 0 Å². The maximum atomic E-state index is 12.2. The second kappa shape index (κ2) is 6.64. The molecule has 2 N–H and O–H groups in total. The van der Waals surface area contributed by atoms with E-state index in [-0.39, 0.29) is 12.3 Å². The van der Waals surface area contributed by atoms with Gasteiger partial charge < -0.3 is 10.4 Å². The van der Waals surface area contributed by atoms with Gasteiger partial charge in [-0.3, -0.25) is 14.3 Å². The third-order valence-corrected chi connectivity index (χ3v) is 4.11. The van der Waals surface area contributed by atoms with Crippen LogP contribution in [-0.4, -0.2) is 26.8 Å². The van der Waals surface area contributed by atoms with Crippen molar-refractivity contribution in [2.24, 2.45) is 0 Å². The van der Waals surface area contributed by atoms with Gasteiger partial charge in [-0.05, 0) is 36.6 Å². The van der Waals surface area contributed by atoms with E-state index in [0.717, 1.165) is 12.8 Å². The molecule has 6 nitrogen and oxygen atoms in total. The van der Waals surface area contributed by atoms with E-state index < -0.39 is 5.97 Å². The quantitative estimate of drug-likeness (QED) is 0.889. The Balaban J connectivity index is 1.63. The average Bonchev–Trinajstić information content (AvgIpc) is 3.19. The van der Waals surface area contributed by atoms with Crippen LogP contribution in [0.1, 0.15) is 47.8 Å². The van der Waals surface area contributed by atoms with E-state index >= 15 is 0 Å². The number of aliphatic carboxylic acids is 1. The lowest BCUT2D eigenvalue weighted by Crippen LogP contribution is -2.14. The molecule has 0 aliphatic heterocycles. The number of nitrogens with one attached hydrogen (secondary N) is 1. The number of hydrogen-bond donors (Lipinski definition) is 2. The van der Waals surface area contributed by atoms with E-state index in [2.05, 4.69) is 10.4 Å². The summed E-state index contributed by atoms with van der Waals surface area (Å²) in [6.07, 6.45) is 6.51. The summed E-state index contributed by atoms with van der Waals surface area (Å²) in [4.78, 5) is 22.9. The topological polar surface area (TPSA) is 84.2 Å². The Morgan fingerprint density at radius 3 is 2.52 bits per heavy atom. The van der Waals surface area contributed by atoms with E-state index in [1.54, 1.807) is 30.3 Å². The first-order valence-electron chi connectivity index (χ1n) is 7.79. The third kappa shape index (κ3) is 3.77. The van der Waals surface area contributed by atoms with Crippen LogP contribution in [0.2, 0.25) is 0 Å². The molecule has 1 aliphatic carbocycles. The van der Waals surface area contributed by atoms with Crippen LogP contribution >= 0.6 is 0 Å². The summed E-state index contributed by atoms with van der Waals surface area (Å²) < 4.78 is 1.89. The van der Waals surface area contributed by atoms with Crippen molar-refractivity contribution >= 4 is 17.6 Å². The molecule has 0 atom stereocenters. The van der Waals surface area contributed by atoms with Gasteiger partial charge in [0.1, 0.15) is 0 Å². The number of carboxylic acid groups (broad SMARTS) is 1. The smallest absolute Gasteiger partial charge is 0.307 e. The van der Waals surface area contributed by atoms with Crippen LogP contribution in [-0.2, 0) is 11.2 Å². The zero-order chi connectivity index (χ0) is 16.2. The number of benzene rings is 1. The van der Waals surface area contributed by atoms with Crippen LogP contribution in [0.15, 0.2) is 36.5 Å². The van der Waals surface area contributed by atoms with Gasteiger partial charge in [0, 0.05) is 11.9 Å². The monoisotopic (exact) mass is 313 g/mol. The van der Waals surface area contributed by atoms with Crippen molar-refractivity contribution in [2.45, 2.75) is 38.1 Å². The molecule has 1 aromatic carbocycles. The van der Waals surface area contributed by atoms with Gasteiger partial charge in [0.05, 0.1) is 12.5 Å². The van der Waals surface area contributed by atoms with E-state index in [4.69, 9.17) is 5.11 Å². The number of carbonyl (C=O) groups is 2. The Morgan fingerprint density at radius 1 is 1.17 bits per heavy atom. The highest BCUT2D eigenvalue weighted by Crippen LogP contribution is 2.28. The number of amides is 1. The molecule has 0 radical (unpaired) electrons. The highest BCUT2D eigenvalue weighted by molar-refractivity contribution is 6.02. The van der Waals surface area contributed by atoms with Gasteiger partial charge in [-0.2, -0.15) is 5.10 Å². The van der Waals surface area contributed by atoms with Crippen molar-refractivity contribution in [1.29, 1.82) is 0 Å². The highest BCUT2D eigenvalue weighted by Gasteiger charge is 2.19. The first-order valence-corrected chi connectivity index (χ1v) is 7.79. The summed E-state index contributed by atoms with van der Waals surface area (Å²) in [6, 6.07) is 8.93. The number of nitrogens with zero attached hydrogens (tertiary/aromatic N) is 2. The normalized spacial score (nSPS) is 14.8. The summed E-state index contributed by atoms with van der Waals surface area (Å²) in [6.45, 7) is 0. The number of hydrogen-bond acceptors (Lipinski definition) is 3. The minimum Gasteiger partial charge on any atom is -0.481 e. The zero-order valence-electron chi connectivity index (χ0n) is 12.7. The highest BCUT2D eigenvalue weighted by atomic mass is 16.4. The molecular weight excluding hydrogens is 294 g/mol. The molecular formula is C17H19N3O3. The molecule has 1 heterocycles. The zero-order valence-corrected chi connectivity index (χ0v) is 12.7. The van der Waals surface area contributed by atoms with Crippen molar-refractivity contribution in [1.82, 2.24) is 9.78 Å². The third-order valence-electron chi connectivity index (χ3n) is 4.11. The van der Waals surface area contributed by atoms with Gasteiger partial charge in [0.15, 0.2) is 5.69 Å². The lowest BCUT2D eigenvalue weighted by atomic mass is 10.1. The first-order chi connectivity index (χ1) is 11.1. The molecule has 1 fully saturated rings. The van der Waals surface area contributed by atoms with Gasteiger partial charge in [-0.1, -0.05) is 25.0 Å². The van der Waals surface area contributed by atoms with E-state index in [0.29, 0.717) is 23.0 Å². The molecule has 0 unspecified atom stereocenters. The Kier molecular flexibility index (Phi) is 4.41. The van der Waals surface area contributed by atoms with Crippen LogP contribution in [0.5, 0.6) is 0 Å². The Labute approximate surface area is 134 Å². The predicted molar refractivity (Wildman–Crippen MR) is 85.5 cm³/mol. The molecule has 1 aromatic heterocycles. The molecule has 3 rings (SSSR count). The molecule has 0 spiro atoms. The molecule has 6 heteroatoms. The molecule has 1 amide bonds. The molecule has 1 saturated carbocycles. The predicted octanol–water partition coefficient (Wildman–Crippen LogP) is 2.88. The van der Waals surface area contributed by atoms with Crippen molar-refractivity contribution < 1.29 is 14.7 Å². The van der Waals surface area contributed by atoms with E-state index in [9.17, 15) is 9.59 Å². The van der Waals surface area contributed by atoms with Gasteiger partial charge in [-0.25, -0.2) is 0 Å². The second-order valence-electron chi connectivity index (χ2n) is 5.84. The molecule has 23 heavy (non-hydrogen) atoms. The number of aromatic nitrogens is 2. The summed E-state index contributed by atoms with van der Waals surface area (Å²) in [5, 5.41) is 15.9. The van der Waals surface area contributed by atoms with Gasteiger partial charge in [0.25, 0.3) is 5.91 Å². The fourth-order valence-electron chi connectivity index (χ4n) is 2.91. The number of anilines is 1. The van der Waals surface area contributed by atoms with Crippen molar-refractivity contribution in [3.63, 3.8) is 0 Å². The van der Waals surface area contributed by atoms with E-state index in [1.165, 1.54) is 12.8 Å². The lowest BCUT2D eigenvalue weighted by molar-refractivity contribution is -0.136. The number of carbonyl (C=O) groups excluding carboxylic acids is 1. The summed E-state index contributed by atoms with van der Waals surface area (Å²) in [5.74, 6) is -1.13. The average molecular weight is 313 g/mol. The largest absolute Gasteiger partial charge is 0.481 e. The SMILES string of the molecule is O=C(O)Cc1ccc(NC(=O)c2ccn(C3CCCC3)n2)cc1. The fraction of sp³-hybridized carbons (Fsp3) is 0.353. The Hall–Kier alpha value is -2.63. The van der Waals surface area contributed by atoms with Gasteiger partial charge >= 0.3 is 5.97 Å². The maximum absolute atomic E-state index is 12.2. The Bertz CT molecular complexity index is 700. The van der Waals surface area contributed by atoms with Gasteiger partial charge in [0.2, 0.25) is 0 Å². The fourth-order valence-corrected chi connectivity index (χ4v) is 2.91. The van der Waals surface area contributed by atoms with E-state index in [1.807, 2.05) is 10.9 Å². The summed E-state index contributed by atoms with van der Waals surface area (Å²) in [7, 11) is 0. The molecule has 1 aliphatic rings. The molecule has 0 saturated heterocycles. The number of rotatable bonds is 5. The summed E-state index contributed by atoms with van der Waals surface area (Å²) >= 11 is 0. The lowest BCUT2D eigenvalue weighted by Gasteiger charge is -2.09. The van der Waals surface area contributed by atoms with Crippen LogP contribution in [0.4, 0.5) is 5.69 Å². The van der Waals surface area contributed by atoms with Gasteiger partial charge in [-0.15, -0.1) is 0 Å². The van der Waals surface area contributed by atoms with Crippen molar-refractivity contribution in [2.75, 3.05) is 5.32 Å². The minimum absolute atomic E-state index is 0.0278. The molecule has 120 valence electrons. The van der Waals surface area contributed by atoms with Crippen molar-refractivity contribution in [3.8, 4) is 0 Å². The first kappa shape index (κ1) is 15.3. The standard InChI is InChI=1S/C17H19N3O3/c21-16(22)11-12-5-7-13(8-6-12)18-17(23)15-9-10-20(19-15)14-3-1-2-4-14/h5-10,14H,1-4,11H2,(H,18,23)(H,21,22). The van der Waals surface area contributed by atoms with Crippen LogP contribution in [0.25, 0.3) is 0 Å². The minimum atomic E-state index is -0.876. The number of carboxylic acids is 1. The molecule has 0 bridgehead atoms. The maximum Gasteiger partial charge on any atom is 0.307 e. The van der Waals surface area contributed by atoms with Crippen molar-refractivity contribution in [3.05, 3.63) is 47.8 Å². The van der Waals surface area contributed by atoms with Crippen LogP contribution in [0, 0.1) is 0 Å². The second-order valence-corrected chi connectivity index (χ2v) is 5.84. The Morgan fingerprint density at radius 2 is 1.87 bits per heavy atom. The molecule has 2 aromatic rings. The van der Waals surface area contributed by atoms with Crippen LogP contribution < -0.4 is 5.32 Å². The summed E-state index contributed by atoms with van der Waals surface area (Å²) in [5.41, 5.74) is 1.71.